The van der Waals surface area contributed by atoms with E-state index in [9.17, 15) is 35.4 Å². The molecule has 2 heterocycles. The summed E-state index contributed by atoms with van der Waals surface area (Å²) in [7, 11) is 1.42. The number of allylic oxidation sites excluding steroid dienone is 4. The summed E-state index contributed by atoms with van der Waals surface area (Å²) >= 11 is 0. The monoisotopic (exact) mass is 464 g/mol. The lowest BCUT2D eigenvalue weighted by Gasteiger charge is -2.39. The van der Waals surface area contributed by atoms with E-state index in [4.69, 9.17) is 18.9 Å². The highest BCUT2D eigenvalue weighted by atomic mass is 16.7. The first-order valence-electron chi connectivity index (χ1n) is 10.2. The maximum absolute atomic E-state index is 12.7. The number of benzene rings is 1. The Hall–Kier alpha value is -3.09. The summed E-state index contributed by atoms with van der Waals surface area (Å²) in [5.41, 5.74) is 0.490. The standard InChI is InChI=1S/C22H24O11/c1-30-14-3-2-9(4-11(14)24)15-7-13(26)18-12(25)5-10(6-16(18)32-15)31-22-21(29)20(28)19(27)17(8-23)33-22/h3-6,17,19-25,27-29H,2,7-8H2,1H3/b15-9+/t17-,19-,20+,21-,22+/m1/s1. The molecule has 1 saturated heterocycles. The van der Waals surface area contributed by atoms with E-state index in [-0.39, 0.29) is 35.0 Å². The van der Waals surface area contributed by atoms with E-state index in [1.165, 1.54) is 19.3 Å². The molecular weight excluding hydrogens is 440 g/mol. The number of aliphatic hydroxyl groups is 5. The fourth-order valence-corrected chi connectivity index (χ4v) is 3.87. The van der Waals surface area contributed by atoms with Gasteiger partial charge < -0.3 is 49.6 Å². The Morgan fingerprint density at radius 3 is 2.55 bits per heavy atom. The second-order valence-electron chi connectivity index (χ2n) is 7.79. The van der Waals surface area contributed by atoms with Crippen LogP contribution < -0.4 is 9.47 Å². The van der Waals surface area contributed by atoms with Crippen molar-refractivity contribution in [1.29, 1.82) is 0 Å². The van der Waals surface area contributed by atoms with Crippen LogP contribution in [0.3, 0.4) is 0 Å². The van der Waals surface area contributed by atoms with Crippen molar-refractivity contribution < 1.29 is 54.4 Å². The van der Waals surface area contributed by atoms with Crippen LogP contribution in [0.4, 0.5) is 0 Å². The highest BCUT2D eigenvalue weighted by Crippen LogP contribution is 2.41. The molecule has 1 fully saturated rings. The van der Waals surface area contributed by atoms with Gasteiger partial charge in [0.15, 0.2) is 17.3 Å². The van der Waals surface area contributed by atoms with Gasteiger partial charge >= 0.3 is 0 Å². The molecule has 0 aromatic heterocycles. The Balaban J connectivity index is 1.61. The average Bonchev–Trinajstić information content (AvgIpc) is 2.78. The molecule has 4 rings (SSSR count). The molecule has 1 aliphatic carbocycles. The molecule has 1 aromatic carbocycles. The number of hydrogen-bond acceptors (Lipinski definition) is 11. The first-order valence-corrected chi connectivity index (χ1v) is 10.2. The zero-order chi connectivity index (χ0) is 23.9. The van der Waals surface area contributed by atoms with Crippen molar-refractivity contribution in [3.8, 4) is 17.2 Å². The molecule has 6 N–H and O–H groups in total. The van der Waals surface area contributed by atoms with Crippen LogP contribution >= 0.6 is 0 Å². The number of phenolic OH excluding ortho intramolecular Hbond substituents is 1. The third-order valence-corrected chi connectivity index (χ3v) is 5.64. The van der Waals surface area contributed by atoms with Crippen molar-refractivity contribution in [2.75, 3.05) is 13.7 Å². The third-order valence-electron chi connectivity index (χ3n) is 5.64. The molecule has 0 radical (unpaired) electrons. The minimum Gasteiger partial charge on any atom is -0.507 e. The SMILES string of the molecule is COC1=CC/C(=C2/CC(=O)c3c(O)cc(O[C@H]4O[C@H](CO)[C@@H](O)[C@H](O)[C@H]4O)cc3O2)C=C1O. The van der Waals surface area contributed by atoms with Crippen molar-refractivity contribution >= 4 is 5.78 Å². The lowest BCUT2D eigenvalue weighted by atomic mass is 9.96. The molecular formula is C22H24O11. The number of ether oxygens (including phenoxy) is 4. The molecule has 1 aromatic rings. The van der Waals surface area contributed by atoms with Gasteiger partial charge in [0.05, 0.1) is 20.1 Å². The molecule has 11 nitrogen and oxygen atoms in total. The van der Waals surface area contributed by atoms with Crippen LogP contribution in [0, 0.1) is 0 Å². The molecule has 11 heteroatoms. The van der Waals surface area contributed by atoms with E-state index in [2.05, 4.69) is 0 Å². The van der Waals surface area contributed by atoms with Gasteiger partial charge in [-0.3, -0.25) is 4.79 Å². The van der Waals surface area contributed by atoms with Crippen molar-refractivity contribution in [3.63, 3.8) is 0 Å². The molecule has 2 aliphatic heterocycles. The van der Waals surface area contributed by atoms with Crippen molar-refractivity contribution in [2.24, 2.45) is 0 Å². The first kappa shape index (κ1) is 23.1. The second-order valence-corrected chi connectivity index (χ2v) is 7.79. The van der Waals surface area contributed by atoms with Gasteiger partial charge in [-0.15, -0.1) is 0 Å². The van der Waals surface area contributed by atoms with E-state index in [1.807, 2.05) is 0 Å². The number of aliphatic hydroxyl groups excluding tert-OH is 5. The summed E-state index contributed by atoms with van der Waals surface area (Å²) in [5.74, 6) is -0.448. The average molecular weight is 464 g/mol. The number of methoxy groups -OCH3 is 1. The normalized spacial score (nSPS) is 31.8. The third kappa shape index (κ3) is 4.28. The quantitative estimate of drug-likeness (QED) is 0.358. The Labute approximate surface area is 188 Å². The van der Waals surface area contributed by atoms with Crippen molar-refractivity contribution in [3.05, 3.63) is 52.7 Å². The minimum absolute atomic E-state index is 0.0113. The highest BCUT2D eigenvalue weighted by Gasteiger charge is 2.45. The Kier molecular flexibility index (Phi) is 6.32. The maximum atomic E-state index is 12.7. The Morgan fingerprint density at radius 1 is 1.12 bits per heavy atom. The maximum Gasteiger partial charge on any atom is 0.229 e. The molecule has 3 aliphatic rings. The summed E-state index contributed by atoms with van der Waals surface area (Å²) in [6.45, 7) is -0.631. The number of carbonyl (C=O) groups excluding carboxylic acids is 1. The zero-order valence-electron chi connectivity index (χ0n) is 17.5. The summed E-state index contributed by atoms with van der Waals surface area (Å²) < 4.78 is 21.7. The largest absolute Gasteiger partial charge is 0.507 e. The number of Topliss-reactive ketones (excluding diaryl/α,β-unsaturated/α-hetero) is 1. The minimum atomic E-state index is -1.65. The van der Waals surface area contributed by atoms with Gasteiger partial charge in [0.1, 0.15) is 53.0 Å². The number of phenols is 1. The predicted octanol–water partition coefficient (Wildman–Crippen LogP) is 0.166. The molecule has 0 bridgehead atoms. The van der Waals surface area contributed by atoms with Crippen LogP contribution in [0.25, 0.3) is 0 Å². The van der Waals surface area contributed by atoms with Gasteiger partial charge in [-0.2, -0.15) is 0 Å². The van der Waals surface area contributed by atoms with Crippen LogP contribution in [-0.2, 0) is 9.47 Å². The van der Waals surface area contributed by atoms with Crippen molar-refractivity contribution in [2.45, 2.75) is 43.5 Å². The number of carbonyl (C=O) groups is 1. The molecule has 0 unspecified atom stereocenters. The van der Waals surface area contributed by atoms with E-state index in [0.29, 0.717) is 17.8 Å². The highest BCUT2D eigenvalue weighted by molar-refractivity contribution is 6.04. The van der Waals surface area contributed by atoms with Crippen LogP contribution in [-0.4, -0.2) is 80.8 Å². The van der Waals surface area contributed by atoms with Crippen LogP contribution in [0.15, 0.2) is 47.1 Å². The first-order chi connectivity index (χ1) is 15.7. The lowest BCUT2D eigenvalue weighted by Crippen LogP contribution is -2.60. The Bertz CT molecular complexity index is 1040. The zero-order valence-corrected chi connectivity index (χ0v) is 17.5. The Morgan fingerprint density at radius 2 is 1.88 bits per heavy atom. The summed E-state index contributed by atoms with van der Waals surface area (Å²) in [5, 5.41) is 59.7. The van der Waals surface area contributed by atoms with Gasteiger partial charge in [-0.25, -0.2) is 0 Å². The number of fused-ring (bicyclic) bond motifs is 1. The lowest BCUT2D eigenvalue weighted by molar-refractivity contribution is -0.277. The van der Waals surface area contributed by atoms with Gasteiger partial charge in [-0.05, 0) is 24.1 Å². The number of rotatable bonds is 4. The van der Waals surface area contributed by atoms with Gasteiger partial charge in [0.2, 0.25) is 6.29 Å². The van der Waals surface area contributed by atoms with E-state index >= 15 is 0 Å². The van der Waals surface area contributed by atoms with Gasteiger partial charge in [0, 0.05) is 12.1 Å². The van der Waals surface area contributed by atoms with Gasteiger partial charge in [0.25, 0.3) is 0 Å². The van der Waals surface area contributed by atoms with Crippen LogP contribution in [0.1, 0.15) is 23.2 Å². The summed E-state index contributed by atoms with van der Waals surface area (Å²) in [6.07, 6.45) is -4.23. The van der Waals surface area contributed by atoms with E-state index < -0.39 is 48.8 Å². The molecule has 5 atom stereocenters. The number of hydrogen-bond donors (Lipinski definition) is 6. The fraction of sp³-hybridized carbons (Fsp3) is 0.409. The van der Waals surface area contributed by atoms with Crippen molar-refractivity contribution in [1.82, 2.24) is 0 Å². The van der Waals surface area contributed by atoms with Gasteiger partial charge in [-0.1, -0.05) is 0 Å². The van der Waals surface area contributed by atoms with Crippen LogP contribution in [0.5, 0.6) is 17.2 Å². The predicted molar refractivity (Wildman–Crippen MR) is 110 cm³/mol. The van der Waals surface area contributed by atoms with Crippen LogP contribution in [0.2, 0.25) is 0 Å². The molecule has 0 saturated carbocycles. The summed E-state index contributed by atoms with van der Waals surface area (Å²) in [4.78, 5) is 12.7. The smallest absolute Gasteiger partial charge is 0.229 e. The number of aromatic hydroxyl groups is 1. The fourth-order valence-electron chi connectivity index (χ4n) is 3.87. The topological polar surface area (TPSA) is 175 Å². The molecule has 33 heavy (non-hydrogen) atoms. The van der Waals surface area contributed by atoms with E-state index in [1.54, 1.807) is 6.08 Å². The second kappa shape index (κ2) is 9.04. The molecule has 0 amide bonds. The van der Waals surface area contributed by atoms with E-state index in [0.717, 1.165) is 6.07 Å². The summed E-state index contributed by atoms with van der Waals surface area (Å²) in [6, 6.07) is 2.43. The number of ketones is 1. The molecule has 178 valence electrons. The molecule has 0 spiro atoms.